The maximum atomic E-state index is 14.5. The molecule has 0 aliphatic rings. The summed E-state index contributed by atoms with van der Waals surface area (Å²) in [6.45, 7) is 7.48. The van der Waals surface area contributed by atoms with Gasteiger partial charge in [-0.15, -0.1) is 11.8 Å². The highest BCUT2D eigenvalue weighted by Gasteiger charge is 2.30. The van der Waals surface area contributed by atoms with E-state index in [1.165, 1.54) is 30.3 Å². The van der Waals surface area contributed by atoms with E-state index >= 15 is 0 Å². The Kier molecular flexibility index (Phi) is 11.2. The van der Waals surface area contributed by atoms with Crippen LogP contribution in [0, 0.1) is 11.6 Å². The summed E-state index contributed by atoms with van der Waals surface area (Å²) in [6.07, 6.45) is -4.72. The first-order valence-electron chi connectivity index (χ1n) is 15.9. The number of rotatable bonds is 12. The fourth-order valence-electron chi connectivity index (χ4n) is 5.85. The molecular formula is C38H36F5N3O2S. The second kappa shape index (κ2) is 15.4. The number of para-hydroxylation sites is 1. The topological polar surface area (TPSA) is 45.5 Å². The van der Waals surface area contributed by atoms with Crippen LogP contribution in [-0.4, -0.2) is 39.5 Å². The summed E-state index contributed by atoms with van der Waals surface area (Å²) >= 11 is 1.15. The van der Waals surface area contributed by atoms with Crippen molar-refractivity contribution in [2.75, 3.05) is 13.1 Å². The Morgan fingerprint density at radius 1 is 0.857 bits per heavy atom. The van der Waals surface area contributed by atoms with Gasteiger partial charge >= 0.3 is 6.18 Å². The third-order valence-corrected chi connectivity index (χ3v) is 9.74. The second-order valence-corrected chi connectivity index (χ2v) is 12.6. The third kappa shape index (κ3) is 8.22. The first kappa shape index (κ1) is 35.8. The van der Waals surface area contributed by atoms with E-state index in [0.29, 0.717) is 34.6 Å². The summed E-state index contributed by atoms with van der Waals surface area (Å²) in [5.74, 6) is -2.10. The smallest absolute Gasteiger partial charge is 0.326 e. The molecule has 5 nitrogen and oxygen atoms in total. The van der Waals surface area contributed by atoms with Crippen LogP contribution in [0.1, 0.15) is 37.5 Å². The van der Waals surface area contributed by atoms with Crippen LogP contribution in [0.4, 0.5) is 22.0 Å². The van der Waals surface area contributed by atoms with Crippen molar-refractivity contribution < 1.29 is 26.7 Å². The molecule has 0 N–H and O–H groups in total. The van der Waals surface area contributed by atoms with Gasteiger partial charge in [0, 0.05) is 29.3 Å². The number of nitrogens with zero attached hydrogens (tertiary/aromatic N) is 3. The lowest BCUT2D eigenvalue weighted by Crippen LogP contribution is -2.49. The molecule has 4 aromatic carbocycles. The van der Waals surface area contributed by atoms with Gasteiger partial charge in [0.2, 0.25) is 5.91 Å². The third-order valence-electron chi connectivity index (χ3n) is 8.65. The van der Waals surface area contributed by atoms with Crippen molar-refractivity contribution in [3.63, 3.8) is 0 Å². The first-order valence-corrected chi connectivity index (χ1v) is 16.9. The van der Waals surface area contributed by atoms with Crippen molar-refractivity contribution in [2.24, 2.45) is 0 Å². The monoisotopic (exact) mass is 693 g/mol. The fraction of sp³-hybridized carbons (Fsp3) is 0.263. The minimum absolute atomic E-state index is 0.0421. The Morgan fingerprint density at radius 3 is 2.12 bits per heavy atom. The van der Waals surface area contributed by atoms with E-state index in [2.05, 4.69) is 4.90 Å². The average Bonchev–Trinajstić information content (AvgIpc) is 3.09. The average molecular weight is 694 g/mol. The number of thioether (sulfide) groups is 1. The number of halogens is 5. The van der Waals surface area contributed by atoms with Crippen molar-refractivity contribution in [1.82, 2.24) is 14.4 Å². The van der Waals surface area contributed by atoms with E-state index < -0.39 is 23.4 Å². The number of hydrogen-bond donors (Lipinski definition) is 0. The predicted octanol–water partition coefficient (Wildman–Crippen LogP) is 8.97. The Labute approximate surface area is 286 Å². The molecule has 0 saturated heterocycles. The number of benzene rings is 4. The van der Waals surface area contributed by atoms with Gasteiger partial charge in [-0.05, 0) is 67.0 Å². The van der Waals surface area contributed by atoms with Gasteiger partial charge in [0.1, 0.15) is 6.54 Å². The van der Waals surface area contributed by atoms with Crippen LogP contribution in [0.2, 0.25) is 0 Å². The highest BCUT2D eigenvalue weighted by atomic mass is 32.2. The SMILES string of the molecule is CCN(CC)C(C)N(Cc1ccc(-c2ccc(C(F)(F)F)cc2)cc1)C(=O)Cn1c(SCc2cccc(F)c2F)cc(=O)c2ccccc21. The lowest BCUT2D eigenvalue weighted by Gasteiger charge is -2.37. The molecule has 1 atom stereocenters. The molecule has 49 heavy (non-hydrogen) atoms. The summed E-state index contributed by atoms with van der Waals surface area (Å²) < 4.78 is 69.3. The van der Waals surface area contributed by atoms with Crippen LogP contribution in [0.25, 0.3) is 22.0 Å². The van der Waals surface area contributed by atoms with Crippen molar-refractivity contribution in [1.29, 1.82) is 0 Å². The van der Waals surface area contributed by atoms with Crippen LogP contribution < -0.4 is 5.43 Å². The van der Waals surface area contributed by atoms with Crippen LogP contribution in [0.5, 0.6) is 0 Å². The van der Waals surface area contributed by atoms with Crippen molar-refractivity contribution in [3.8, 4) is 11.1 Å². The molecule has 0 aliphatic heterocycles. The number of alkyl halides is 3. The number of hydrogen-bond acceptors (Lipinski definition) is 4. The Morgan fingerprint density at radius 2 is 1.49 bits per heavy atom. The molecule has 0 aliphatic carbocycles. The Hall–Kier alpha value is -4.48. The van der Waals surface area contributed by atoms with E-state index in [0.717, 1.165) is 41.1 Å². The quantitative estimate of drug-likeness (QED) is 0.0744. The summed E-state index contributed by atoms with van der Waals surface area (Å²) in [7, 11) is 0. The van der Waals surface area contributed by atoms with E-state index in [1.54, 1.807) is 33.7 Å². The van der Waals surface area contributed by atoms with Crippen LogP contribution >= 0.6 is 11.8 Å². The summed E-state index contributed by atoms with van der Waals surface area (Å²) in [5, 5.41) is 0.871. The molecule has 11 heteroatoms. The van der Waals surface area contributed by atoms with Crippen molar-refractivity contribution in [3.05, 3.63) is 136 Å². The molecule has 0 spiro atoms. The van der Waals surface area contributed by atoms with Gasteiger partial charge in [-0.3, -0.25) is 14.5 Å². The molecule has 1 heterocycles. The minimum Gasteiger partial charge on any atom is -0.326 e. The van der Waals surface area contributed by atoms with E-state index in [-0.39, 0.29) is 41.9 Å². The Balaban J connectivity index is 1.46. The van der Waals surface area contributed by atoms with Gasteiger partial charge in [0.05, 0.1) is 22.3 Å². The van der Waals surface area contributed by atoms with Gasteiger partial charge < -0.3 is 9.47 Å². The standard InChI is InChI=1S/C38H36F5N3O2S/c1-4-44(5-2)25(3)45(22-26-13-15-27(16-14-26)28-17-19-30(20-18-28)38(41,42)43)35(48)23-46-33-12-7-6-10-31(33)34(47)21-36(46)49-24-29-9-8-11-32(39)37(29)40/h6-21,25H,4-5,22-24H2,1-3H3. The highest BCUT2D eigenvalue weighted by molar-refractivity contribution is 7.98. The summed E-state index contributed by atoms with van der Waals surface area (Å²) in [5.41, 5.74) is 1.92. The molecule has 5 aromatic rings. The number of fused-ring (bicyclic) bond motifs is 1. The van der Waals surface area contributed by atoms with Gasteiger partial charge in [-0.2, -0.15) is 13.2 Å². The van der Waals surface area contributed by atoms with Gasteiger partial charge in [0.25, 0.3) is 0 Å². The lowest BCUT2D eigenvalue weighted by atomic mass is 10.0. The van der Waals surface area contributed by atoms with Crippen LogP contribution in [0.3, 0.4) is 0 Å². The van der Waals surface area contributed by atoms with E-state index in [9.17, 15) is 31.5 Å². The predicted molar refractivity (Wildman–Crippen MR) is 184 cm³/mol. The van der Waals surface area contributed by atoms with Gasteiger partial charge in [-0.1, -0.05) is 74.5 Å². The lowest BCUT2D eigenvalue weighted by molar-refractivity contribution is -0.139. The summed E-state index contributed by atoms with van der Waals surface area (Å²) in [6, 6.07) is 24.7. The van der Waals surface area contributed by atoms with Crippen LogP contribution in [-0.2, 0) is 29.8 Å². The highest BCUT2D eigenvalue weighted by Crippen LogP contribution is 2.32. The minimum atomic E-state index is -4.42. The molecule has 256 valence electrons. The normalized spacial score (nSPS) is 12.4. The summed E-state index contributed by atoms with van der Waals surface area (Å²) in [4.78, 5) is 31.3. The molecule has 0 fully saturated rings. The van der Waals surface area contributed by atoms with Gasteiger partial charge in [0.15, 0.2) is 17.1 Å². The van der Waals surface area contributed by atoms with E-state index in [1.807, 2.05) is 45.0 Å². The molecule has 0 bridgehead atoms. The van der Waals surface area contributed by atoms with Crippen LogP contribution in [0.15, 0.2) is 107 Å². The van der Waals surface area contributed by atoms with Gasteiger partial charge in [-0.25, -0.2) is 8.78 Å². The molecule has 1 amide bonds. The molecule has 0 radical (unpaired) electrons. The maximum Gasteiger partial charge on any atom is 0.416 e. The number of carbonyl (C=O) groups excluding carboxylic acids is 1. The number of aromatic nitrogens is 1. The molecule has 1 unspecified atom stereocenters. The second-order valence-electron chi connectivity index (χ2n) is 11.6. The number of carbonyl (C=O) groups is 1. The van der Waals surface area contributed by atoms with Crippen molar-refractivity contribution >= 4 is 28.6 Å². The maximum absolute atomic E-state index is 14.5. The zero-order valence-corrected chi connectivity index (χ0v) is 28.1. The number of amides is 1. The molecular weight excluding hydrogens is 657 g/mol. The molecule has 1 aromatic heterocycles. The number of pyridine rings is 1. The molecule has 0 saturated carbocycles. The zero-order chi connectivity index (χ0) is 35.3. The Bertz CT molecular complexity index is 1970. The zero-order valence-electron chi connectivity index (χ0n) is 27.3. The van der Waals surface area contributed by atoms with Crippen molar-refractivity contribution in [2.45, 2.75) is 57.0 Å². The fourth-order valence-corrected chi connectivity index (χ4v) is 6.89. The molecule has 5 rings (SSSR count). The van der Waals surface area contributed by atoms with E-state index in [4.69, 9.17) is 0 Å². The largest absolute Gasteiger partial charge is 0.416 e. The first-order chi connectivity index (χ1) is 23.4.